The number of Topliss-reactive ketones (excluding diaryl/α,β-unsaturated/α-hetero) is 1. The van der Waals surface area contributed by atoms with Crippen molar-refractivity contribution in [1.29, 1.82) is 0 Å². The zero-order chi connectivity index (χ0) is 24.0. The van der Waals surface area contributed by atoms with Gasteiger partial charge in [0, 0.05) is 65.1 Å². The van der Waals surface area contributed by atoms with Gasteiger partial charge in [-0.2, -0.15) is 0 Å². The number of aliphatic carboxylic acids is 1. The standard InChI is InChI=1S/C26H29Cl2NO4/c1-17(14-25(31)32)13-24(30)26-21-16-20(28)8-9-22(21)29(2)23(26)10-12-33-11-4-6-18-5-3-7-19(27)15-18/h3,5,7-9,15-17H,4,6,10-14H2,1-2H3,(H,31,32)/t17-/m0/s1. The second kappa shape index (κ2) is 11.7. The van der Waals surface area contributed by atoms with Crippen molar-refractivity contribution in [2.24, 2.45) is 13.0 Å². The number of carbonyl (C=O) groups excluding carboxylic acids is 1. The van der Waals surface area contributed by atoms with Crippen LogP contribution in [0, 0.1) is 5.92 Å². The van der Waals surface area contributed by atoms with E-state index in [2.05, 4.69) is 6.07 Å². The van der Waals surface area contributed by atoms with Crippen molar-refractivity contribution in [1.82, 2.24) is 4.57 Å². The van der Waals surface area contributed by atoms with Gasteiger partial charge in [0.15, 0.2) is 5.78 Å². The Morgan fingerprint density at radius 1 is 1.03 bits per heavy atom. The normalized spacial score (nSPS) is 12.2. The topological polar surface area (TPSA) is 68.5 Å². The Kier molecular flexibility index (Phi) is 8.95. The summed E-state index contributed by atoms with van der Waals surface area (Å²) in [5, 5.41) is 11.1. The van der Waals surface area contributed by atoms with Crippen LogP contribution in [0.25, 0.3) is 10.9 Å². The first-order valence-electron chi connectivity index (χ1n) is 11.1. The summed E-state index contributed by atoms with van der Waals surface area (Å²) in [4.78, 5) is 24.2. The van der Waals surface area contributed by atoms with E-state index < -0.39 is 5.97 Å². The van der Waals surface area contributed by atoms with Crippen LogP contribution >= 0.6 is 23.2 Å². The molecule has 7 heteroatoms. The molecule has 3 aromatic rings. The molecular weight excluding hydrogens is 461 g/mol. The molecule has 1 atom stereocenters. The number of hydrogen-bond donors (Lipinski definition) is 1. The fourth-order valence-corrected chi connectivity index (χ4v) is 4.59. The molecule has 33 heavy (non-hydrogen) atoms. The molecule has 0 radical (unpaired) electrons. The van der Waals surface area contributed by atoms with Gasteiger partial charge in [-0.05, 0) is 54.7 Å². The Balaban J connectivity index is 1.68. The summed E-state index contributed by atoms with van der Waals surface area (Å²) < 4.78 is 7.88. The third-order valence-corrected chi connectivity index (χ3v) is 6.22. The van der Waals surface area contributed by atoms with Crippen LogP contribution in [0.4, 0.5) is 0 Å². The minimum atomic E-state index is -0.900. The van der Waals surface area contributed by atoms with Crippen LogP contribution in [-0.2, 0) is 29.4 Å². The molecule has 0 amide bonds. The number of ether oxygens (including phenoxy) is 1. The molecule has 1 N–H and O–H groups in total. The summed E-state index contributed by atoms with van der Waals surface area (Å²) in [6.07, 6.45) is 2.48. The molecule has 0 aliphatic heterocycles. The van der Waals surface area contributed by atoms with Crippen LogP contribution in [0.1, 0.15) is 47.8 Å². The highest BCUT2D eigenvalue weighted by Crippen LogP contribution is 2.30. The van der Waals surface area contributed by atoms with Gasteiger partial charge in [0.2, 0.25) is 0 Å². The van der Waals surface area contributed by atoms with Crippen LogP contribution in [0.2, 0.25) is 10.0 Å². The van der Waals surface area contributed by atoms with E-state index in [1.54, 1.807) is 19.1 Å². The number of ketones is 1. The van der Waals surface area contributed by atoms with Crippen LogP contribution in [0.3, 0.4) is 0 Å². The molecule has 0 fully saturated rings. The first-order chi connectivity index (χ1) is 15.8. The number of aryl methyl sites for hydroxylation is 2. The fraction of sp³-hybridized carbons (Fsp3) is 0.385. The maximum Gasteiger partial charge on any atom is 0.303 e. The summed E-state index contributed by atoms with van der Waals surface area (Å²) in [6.45, 7) is 2.88. The van der Waals surface area contributed by atoms with Crippen molar-refractivity contribution in [2.75, 3.05) is 13.2 Å². The number of carbonyl (C=O) groups is 2. The molecular formula is C26H29Cl2NO4. The highest BCUT2D eigenvalue weighted by Gasteiger charge is 2.23. The Bertz CT molecular complexity index is 1140. The van der Waals surface area contributed by atoms with E-state index >= 15 is 0 Å². The van der Waals surface area contributed by atoms with Gasteiger partial charge in [0.1, 0.15) is 0 Å². The Hall–Kier alpha value is -2.34. The molecule has 176 valence electrons. The Morgan fingerprint density at radius 3 is 2.52 bits per heavy atom. The number of halogens is 2. The van der Waals surface area contributed by atoms with Crippen LogP contribution in [-0.4, -0.2) is 34.6 Å². The maximum absolute atomic E-state index is 13.2. The third-order valence-electron chi connectivity index (χ3n) is 5.74. The van der Waals surface area contributed by atoms with Gasteiger partial charge in [0.05, 0.1) is 6.61 Å². The van der Waals surface area contributed by atoms with Crippen molar-refractivity contribution < 1.29 is 19.4 Å². The van der Waals surface area contributed by atoms with E-state index in [1.807, 2.05) is 35.9 Å². The smallest absolute Gasteiger partial charge is 0.303 e. The average molecular weight is 490 g/mol. The number of nitrogens with zero attached hydrogens (tertiary/aromatic N) is 1. The molecule has 1 aromatic heterocycles. The van der Waals surface area contributed by atoms with Crippen LogP contribution < -0.4 is 0 Å². The maximum atomic E-state index is 13.2. The van der Waals surface area contributed by atoms with Crippen molar-refractivity contribution >= 4 is 45.9 Å². The molecule has 0 bridgehead atoms. The summed E-state index contributed by atoms with van der Waals surface area (Å²) in [7, 11) is 1.93. The highest BCUT2D eigenvalue weighted by atomic mass is 35.5. The second-order valence-corrected chi connectivity index (χ2v) is 9.34. The summed E-state index contributed by atoms with van der Waals surface area (Å²) in [6, 6.07) is 13.3. The van der Waals surface area contributed by atoms with Gasteiger partial charge in [0.25, 0.3) is 0 Å². The summed E-state index contributed by atoms with van der Waals surface area (Å²) in [5.74, 6) is -1.21. The number of carboxylic acid groups (broad SMARTS) is 1. The Morgan fingerprint density at radius 2 is 1.79 bits per heavy atom. The largest absolute Gasteiger partial charge is 0.481 e. The first-order valence-corrected chi connectivity index (χ1v) is 11.9. The van der Waals surface area contributed by atoms with Gasteiger partial charge in [-0.15, -0.1) is 0 Å². The minimum absolute atomic E-state index is 0.0394. The SMILES string of the molecule is C[C@H](CC(=O)O)CC(=O)c1c(CCOCCCc2cccc(Cl)c2)n(C)c2ccc(Cl)cc12. The first kappa shape index (κ1) is 25.3. The van der Waals surface area contributed by atoms with E-state index in [-0.39, 0.29) is 24.5 Å². The molecule has 0 aliphatic carbocycles. The van der Waals surface area contributed by atoms with Gasteiger partial charge in [-0.1, -0.05) is 42.3 Å². The number of hydrogen-bond acceptors (Lipinski definition) is 3. The van der Waals surface area contributed by atoms with Gasteiger partial charge in [-0.3, -0.25) is 9.59 Å². The van der Waals surface area contributed by atoms with Crippen LogP contribution in [0.5, 0.6) is 0 Å². The fourth-order valence-electron chi connectivity index (χ4n) is 4.20. The predicted octanol–water partition coefficient (Wildman–Crippen LogP) is 6.36. The van der Waals surface area contributed by atoms with Crippen molar-refractivity contribution in [3.8, 4) is 0 Å². The lowest BCUT2D eigenvalue weighted by Crippen LogP contribution is -2.13. The summed E-state index contributed by atoms with van der Waals surface area (Å²) in [5.41, 5.74) is 3.61. The molecule has 5 nitrogen and oxygen atoms in total. The lowest BCUT2D eigenvalue weighted by atomic mass is 9.95. The quantitative estimate of drug-likeness (QED) is 0.237. The predicted molar refractivity (Wildman–Crippen MR) is 133 cm³/mol. The van der Waals surface area contributed by atoms with Gasteiger partial charge in [-0.25, -0.2) is 0 Å². The molecule has 0 saturated heterocycles. The number of carboxylic acids is 1. The zero-order valence-corrected chi connectivity index (χ0v) is 20.5. The number of aromatic nitrogens is 1. The molecule has 0 spiro atoms. The van der Waals surface area contributed by atoms with Crippen molar-refractivity contribution in [2.45, 2.75) is 39.0 Å². The zero-order valence-electron chi connectivity index (χ0n) is 18.9. The van der Waals surface area contributed by atoms with E-state index in [0.717, 1.165) is 34.5 Å². The lowest BCUT2D eigenvalue weighted by Gasteiger charge is -2.11. The second-order valence-electron chi connectivity index (χ2n) is 8.47. The summed E-state index contributed by atoms with van der Waals surface area (Å²) >= 11 is 12.3. The van der Waals surface area contributed by atoms with E-state index in [1.165, 1.54) is 5.56 Å². The van der Waals surface area contributed by atoms with E-state index in [4.69, 9.17) is 33.0 Å². The third kappa shape index (κ3) is 6.83. The molecule has 0 aliphatic rings. The molecule has 0 unspecified atom stereocenters. The van der Waals surface area contributed by atoms with E-state index in [9.17, 15) is 9.59 Å². The number of fused-ring (bicyclic) bond motifs is 1. The van der Waals surface area contributed by atoms with Crippen molar-refractivity contribution in [3.63, 3.8) is 0 Å². The monoisotopic (exact) mass is 489 g/mol. The molecule has 2 aromatic carbocycles. The lowest BCUT2D eigenvalue weighted by molar-refractivity contribution is -0.137. The minimum Gasteiger partial charge on any atom is -0.481 e. The Labute approximate surface area is 204 Å². The van der Waals surface area contributed by atoms with Gasteiger partial charge < -0.3 is 14.4 Å². The number of rotatable bonds is 12. The van der Waals surface area contributed by atoms with E-state index in [0.29, 0.717) is 30.2 Å². The molecule has 1 heterocycles. The average Bonchev–Trinajstić information content (AvgIpc) is 3.01. The van der Waals surface area contributed by atoms with Crippen molar-refractivity contribution in [3.05, 3.63) is 69.3 Å². The van der Waals surface area contributed by atoms with Crippen LogP contribution in [0.15, 0.2) is 42.5 Å². The molecule has 3 rings (SSSR count). The highest BCUT2D eigenvalue weighted by molar-refractivity contribution is 6.31. The van der Waals surface area contributed by atoms with Gasteiger partial charge >= 0.3 is 5.97 Å². The molecule has 0 saturated carbocycles. The number of benzene rings is 2.